The molecule has 0 aliphatic heterocycles. The summed E-state index contributed by atoms with van der Waals surface area (Å²) in [5.74, 6) is -0.250. The van der Waals surface area contributed by atoms with E-state index in [2.05, 4.69) is 0 Å². The van der Waals surface area contributed by atoms with E-state index in [9.17, 15) is 4.79 Å². The van der Waals surface area contributed by atoms with E-state index < -0.39 is 0 Å². The molecule has 0 aliphatic carbocycles. The average molecular weight is 204 g/mol. The first kappa shape index (κ1) is 11.5. The number of allylic oxidation sites excluding steroid dienone is 1. The van der Waals surface area contributed by atoms with Gasteiger partial charge in [0.05, 0.1) is 12.2 Å². The summed E-state index contributed by atoms with van der Waals surface area (Å²) < 4.78 is 5.12. The highest BCUT2D eigenvalue weighted by Crippen LogP contribution is 2.04. The number of hydrogen-bond acceptors (Lipinski definition) is 2. The first-order chi connectivity index (χ1) is 7.24. The predicted octanol–water partition coefficient (Wildman–Crippen LogP) is 3.20. The van der Waals surface area contributed by atoms with Gasteiger partial charge >= 0.3 is 5.97 Å². The lowest BCUT2D eigenvalue weighted by atomic mass is 10.2. The molecule has 0 N–H and O–H groups in total. The van der Waals surface area contributed by atoms with Crippen LogP contribution in [0, 0.1) is 0 Å². The van der Waals surface area contributed by atoms with Gasteiger partial charge in [0.15, 0.2) is 0 Å². The van der Waals surface area contributed by atoms with Gasteiger partial charge in [-0.1, -0.05) is 29.8 Å². The topological polar surface area (TPSA) is 26.3 Å². The maximum absolute atomic E-state index is 11.5. The van der Waals surface area contributed by atoms with Gasteiger partial charge in [0.2, 0.25) is 0 Å². The molecule has 0 radical (unpaired) electrons. The zero-order chi connectivity index (χ0) is 11.1. The van der Waals surface area contributed by atoms with Crippen LogP contribution >= 0.6 is 0 Å². The van der Waals surface area contributed by atoms with E-state index in [0.717, 1.165) is 6.42 Å². The predicted molar refractivity (Wildman–Crippen MR) is 60.8 cm³/mol. The third-order valence-corrected chi connectivity index (χ3v) is 2.23. The van der Waals surface area contributed by atoms with E-state index in [0.29, 0.717) is 12.2 Å². The molecule has 0 aromatic heterocycles. The second kappa shape index (κ2) is 6.02. The Morgan fingerprint density at radius 1 is 1.33 bits per heavy atom. The van der Waals surface area contributed by atoms with Crippen LogP contribution in [0.2, 0.25) is 0 Å². The molecule has 0 unspecified atom stereocenters. The highest BCUT2D eigenvalue weighted by molar-refractivity contribution is 5.89. The molecule has 1 aromatic carbocycles. The molecular formula is C13H16O2. The van der Waals surface area contributed by atoms with E-state index in [4.69, 9.17) is 4.74 Å². The van der Waals surface area contributed by atoms with Crippen molar-refractivity contribution < 1.29 is 9.53 Å². The standard InChI is InChI=1S/C13H16O2/c1-3-11(2)9-10-15-13(14)12-7-5-4-6-8-12/h3-8H,9-10H2,1-2H3/b11-3+. The second-order valence-corrected chi connectivity index (χ2v) is 3.39. The van der Waals surface area contributed by atoms with E-state index in [1.54, 1.807) is 12.1 Å². The van der Waals surface area contributed by atoms with Crippen LogP contribution in [0.25, 0.3) is 0 Å². The van der Waals surface area contributed by atoms with Crippen molar-refractivity contribution >= 4 is 5.97 Å². The molecule has 0 spiro atoms. The fourth-order valence-corrected chi connectivity index (χ4v) is 1.11. The Hall–Kier alpha value is -1.57. The Bertz CT molecular complexity index is 339. The minimum absolute atomic E-state index is 0.250. The molecule has 0 saturated carbocycles. The molecule has 1 aromatic rings. The van der Waals surface area contributed by atoms with E-state index in [1.165, 1.54) is 5.57 Å². The average Bonchev–Trinajstić information content (AvgIpc) is 2.29. The Balaban J connectivity index is 2.38. The van der Waals surface area contributed by atoms with Gasteiger partial charge in [-0.25, -0.2) is 4.79 Å². The Kier molecular flexibility index (Phi) is 4.61. The monoisotopic (exact) mass is 204 g/mol. The lowest BCUT2D eigenvalue weighted by Gasteiger charge is -2.04. The number of rotatable bonds is 4. The normalized spacial score (nSPS) is 11.2. The minimum Gasteiger partial charge on any atom is -0.462 e. The fourth-order valence-electron chi connectivity index (χ4n) is 1.11. The van der Waals surface area contributed by atoms with E-state index in [-0.39, 0.29) is 5.97 Å². The van der Waals surface area contributed by atoms with Crippen LogP contribution in [-0.4, -0.2) is 12.6 Å². The van der Waals surface area contributed by atoms with Crippen molar-refractivity contribution in [3.63, 3.8) is 0 Å². The van der Waals surface area contributed by atoms with Crippen molar-refractivity contribution in [2.75, 3.05) is 6.61 Å². The number of carbonyl (C=O) groups is 1. The molecule has 0 heterocycles. The highest BCUT2D eigenvalue weighted by Gasteiger charge is 2.04. The number of hydrogen-bond donors (Lipinski definition) is 0. The lowest BCUT2D eigenvalue weighted by Crippen LogP contribution is -2.06. The molecule has 1 rings (SSSR count). The molecule has 0 saturated heterocycles. The first-order valence-electron chi connectivity index (χ1n) is 5.08. The van der Waals surface area contributed by atoms with Gasteiger partial charge in [-0.3, -0.25) is 0 Å². The van der Waals surface area contributed by atoms with Gasteiger partial charge in [-0.05, 0) is 26.0 Å². The number of ether oxygens (including phenoxy) is 1. The summed E-state index contributed by atoms with van der Waals surface area (Å²) in [5.41, 5.74) is 1.84. The number of esters is 1. The summed E-state index contributed by atoms with van der Waals surface area (Å²) in [4.78, 5) is 11.5. The van der Waals surface area contributed by atoms with Crippen molar-refractivity contribution in [3.05, 3.63) is 47.5 Å². The largest absolute Gasteiger partial charge is 0.462 e. The summed E-state index contributed by atoms with van der Waals surface area (Å²) in [6, 6.07) is 9.04. The van der Waals surface area contributed by atoms with Crippen LogP contribution in [0.15, 0.2) is 42.0 Å². The molecule has 0 fully saturated rings. The second-order valence-electron chi connectivity index (χ2n) is 3.39. The molecule has 0 amide bonds. The van der Waals surface area contributed by atoms with Crippen molar-refractivity contribution in [1.29, 1.82) is 0 Å². The first-order valence-corrected chi connectivity index (χ1v) is 5.08. The Morgan fingerprint density at radius 3 is 2.60 bits per heavy atom. The number of benzene rings is 1. The Morgan fingerprint density at radius 2 is 2.00 bits per heavy atom. The van der Waals surface area contributed by atoms with Crippen LogP contribution in [0.1, 0.15) is 30.6 Å². The summed E-state index contributed by atoms with van der Waals surface area (Å²) >= 11 is 0. The van der Waals surface area contributed by atoms with Gasteiger partial charge in [0, 0.05) is 6.42 Å². The molecule has 2 nitrogen and oxygen atoms in total. The smallest absolute Gasteiger partial charge is 0.338 e. The van der Waals surface area contributed by atoms with Gasteiger partial charge in [-0.2, -0.15) is 0 Å². The van der Waals surface area contributed by atoms with Crippen molar-refractivity contribution in [1.82, 2.24) is 0 Å². The lowest BCUT2D eigenvalue weighted by molar-refractivity contribution is 0.0509. The van der Waals surface area contributed by atoms with Crippen LogP contribution < -0.4 is 0 Å². The molecule has 15 heavy (non-hydrogen) atoms. The molecule has 0 aliphatic rings. The van der Waals surface area contributed by atoms with Crippen molar-refractivity contribution in [2.24, 2.45) is 0 Å². The highest BCUT2D eigenvalue weighted by atomic mass is 16.5. The SMILES string of the molecule is C/C=C(\C)CCOC(=O)c1ccccc1. The van der Waals surface area contributed by atoms with Gasteiger partial charge < -0.3 is 4.74 Å². The summed E-state index contributed by atoms with van der Waals surface area (Å²) in [6.07, 6.45) is 2.82. The van der Waals surface area contributed by atoms with Gasteiger partial charge in [-0.15, -0.1) is 0 Å². The zero-order valence-electron chi connectivity index (χ0n) is 9.19. The van der Waals surface area contributed by atoms with Crippen LogP contribution in [-0.2, 0) is 4.74 Å². The maximum Gasteiger partial charge on any atom is 0.338 e. The van der Waals surface area contributed by atoms with Crippen molar-refractivity contribution in [2.45, 2.75) is 20.3 Å². The summed E-state index contributed by atoms with van der Waals surface area (Å²) in [5, 5.41) is 0. The molecular weight excluding hydrogens is 188 g/mol. The molecule has 2 heteroatoms. The molecule has 80 valence electrons. The third kappa shape index (κ3) is 3.98. The third-order valence-electron chi connectivity index (χ3n) is 2.23. The summed E-state index contributed by atoms with van der Waals surface area (Å²) in [7, 11) is 0. The van der Waals surface area contributed by atoms with Gasteiger partial charge in [0.1, 0.15) is 0 Å². The van der Waals surface area contributed by atoms with Crippen molar-refractivity contribution in [3.8, 4) is 0 Å². The van der Waals surface area contributed by atoms with Crippen LogP contribution in [0.3, 0.4) is 0 Å². The maximum atomic E-state index is 11.5. The number of carbonyl (C=O) groups excluding carboxylic acids is 1. The zero-order valence-corrected chi connectivity index (χ0v) is 9.19. The molecule has 0 atom stereocenters. The quantitative estimate of drug-likeness (QED) is 0.556. The molecule has 0 bridgehead atoms. The van der Waals surface area contributed by atoms with Crippen LogP contribution in [0.4, 0.5) is 0 Å². The summed E-state index contributed by atoms with van der Waals surface area (Å²) in [6.45, 7) is 4.45. The van der Waals surface area contributed by atoms with Crippen LogP contribution in [0.5, 0.6) is 0 Å². The Labute approximate surface area is 90.6 Å². The van der Waals surface area contributed by atoms with E-state index >= 15 is 0 Å². The minimum atomic E-state index is -0.250. The fraction of sp³-hybridized carbons (Fsp3) is 0.308. The van der Waals surface area contributed by atoms with E-state index in [1.807, 2.05) is 38.1 Å². The van der Waals surface area contributed by atoms with Gasteiger partial charge in [0.25, 0.3) is 0 Å².